The lowest BCUT2D eigenvalue weighted by Crippen LogP contribution is -2.35. The van der Waals surface area contributed by atoms with Gasteiger partial charge in [-0.15, -0.1) is 0 Å². The van der Waals surface area contributed by atoms with Gasteiger partial charge in [-0.2, -0.15) is 0 Å². The lowest BCUT2D eigenvalue weighted by Gasteiger charge is -2.32. The molecule has 1 aliphatic heterocycles. The van der Waals surface area contributed by atoms with Crippen molar-refractivity contribution in [1.82, 2.24) is 9.62 Å². The molecule has 6 nitrogen and oxygen atoms in total. The molecule has 36 heavy (non-hydrogen) atoms. The molecule has 0 aromatic heterocycles. The first kappa shape index (κ1) is 25.5. The second kappa shape index (κ2) is 10.3. The van der Waals surface area contributed by atoms with Gasteiger partial charge in [-0.3, -0.25) is 9.69 Å². The number of halogens is 2. The summed E-state index contributed by atoms with van der Waals surface area (Å²) in [5.74, 6) is -0.0217. The highest BCUT2D eigenvalue weighted by atomic mass is 35.5. The van der Waals surface area contributed by atoms with Crippen LogP contribution in [0.15, 0.2) is 30.3 Å². The summed E-state index contributed by atoms with van der Waals surface area (Å²) in [4.78, 5) is 14.7. The van der Waals surface area contributed by atoms with E-state index in [1.54, 1.807) is 0 Å². The molecule has 9 heteroatoms. The summed E-state index contributed by atoms with van der Waals surface area (Å²) in [6.07, 6.45) is 7.25. The van der Waals surface area contributed by atoms with Gasteiger partial charge in [-0.05, 0) is 98.2 Å². The zero-order chi connectivity index (χ0) is 25.4. The summed E-state index contributed by atoms with van der Waals surface area (Å²) in [7, 11) is -3.78. The van der Waals surface area contributed by atoms with Gasteiger partial charge >= 0.3 is 0 Å². The number of likely N-dealkylation sites (tertiary alicyclic amines) is 1. The Morgan fingerprint density at radius 1 is 1.08 bits per heavy atom. The molecule has 3 fully saturated rings. The van der Waals surface area contributed by atoms with E-state index in [0.29, 0.717) is 24.2 Å². The Morgan fingerprint density at radius 3 is 2.39 bits per heavy atom. The molecular formula is C27H32ClFN2O4S. The zero-order valence-electron chi connectivity index (χ0n) is 20.4. The largest absolute Gasteiger partial charge is 0.493 e. The Hall–Kier alpha value is -2.16. The van der Waals surface area contributed by atoms with E-state index in [0.717, 1.165) is 62.2 Å². The third-order valence-corrected chi connectivity index (χ3v) is 8.25. The Morgan fingerprint density at radius 2 is 1.78 bits per heavy atom. The maximum Gasteiger partial charge on any atom is 0.267 e. The number of amides is 1. The van der Waals surface area contributed by atoms with Crippen molar-refractivity contribution in [1.29, 1.82) is 0 Å². The van der Waals surface area contributed by atoms with Crippen LogP contribution in [0.25, 0.3) is 0 Å². The fourth-order valence-electron chi connectivity index (χ4n) is 4.93. The molecule has 0 bridgehead atoms. The normalized spacial score (nSPS) is 19.3. The van der Waals surface area contributed by atoms with E-state index >= 15 is 0 Å². The molecule has 0 radical (unpaired) electrons. The maximum atomic E-state index is 14.7. The predicted octanol–water partition coefficient (Wildman–Crippen LogP) is 5.21. The average Bonchev–Trinajstić information content (AvgIpc) is 3.72. The van der Waals surface area contributed by atoms with Crippen molar-refractivity contribution in [2.75, 3.05) is 26.0 Å². The fourth-order valence-corrected chi connectivity index (χ4v) is 5.63. The smallest absolute Gasteiger partial charge is 0.267 e. The van der Waals surface area contributed by atoms with Gasteiger partial charge in [0.2, 0.25) is 10.0 Å². The molecule has 1 saturated heterocycles. The molecule has 1 N–H and O–H groups in total. The van der Waals surface area contributed by atoms with E-state index in [4.69, 9.17) is 16.3 Å². The van der Waals surface area contributed by atoms with E-state index in [-0.39, 0.29) is 11.5 Å². The van der Waals surface area contributed by atoms with Crippen LogP contribution in [0, 0.1) is 11.7 Å². The Balaban J connectivity index is 1.16. The van der Waals surface area contributed by atoms with Gasteiger partial charge in [0.25, 0.3) is 5.91 Å². The molecule has 194 valence electrons. The van der Waals surface area contributed by atoms with Crippen LogP contribution in [0.3, 0.4) is 0 Å². The van der Waals surface area contributed by atoms with Gasteiger partial charge in [0.15, 0.2) is 0 Å². The lowest BCUT2D eigenvalue weighted by molar-refractivity contribution is 0.0977. The van der Waals surface area contributed by atoms with Crippen LogP contribution >= 0.6 is 11.6 Å². The molecule has 2 saturated carbocycles. The molecule has 0 atom stereocenters. The number of piperidine rings is 1. The number of hydrogen-bond acceptors (Lipinski definition) is 5. The molecule has 0 unspecified atom stereocenters. The minimum atomic E-state index is -3.78. The molecule has 1 heterocycles. The number of benzene rings is 2. The van der Waals surface area contributed by atoms with Crippen molar-refractivity contribution >= 4 is 27.5 Å². The van der Waals surface area contributed by atoms with E-state index in [1.165, 1.54) is 36.1 Å². The third-order valence-electron chi connectivity index (χ3n) is 7.34. The van der Waals surface area contributed by atoms with Crippen molar-refractivity contribution in [3.63, 3.8) is 0 Å². The Kier molecular flexibility index (Phi) is 7.30. The molecule has 2 aromatic carbocycles. The van der Waals surface area contributed by atoms with Crippen molar-refractivity contribution in [2.24, 2.45) is 5.92 Å². The molecule has 0 spiro atoms. The van der Waals surface area contributed by atoms with Crippen LogP contribution in [0.1, 0.15) is 77.4 Å². The summed E-state index contributed by atoms with van der Waals surface area (Å²) in [5, 5.41) is 0.855. The third kappa shape index (κ3) is 6.39. The standard InChI is InChI=1S/C27H32ClFN2O4S/c1-36(33,34)30-27(32)23-13-22(19-4-5-19)26(14-25(23)29)35-16-17-8-10-31(11-9-17)15-21-7-6-20(12-24(21)28)18-2-3-18/h6-7,12-14,17-19H,2-5,8-11,15-16H2,1H3,(H,30,32). The first-order valence-corrected chi connectivity index (χ1v) is 14.9. The number of ether oxygens (including phenoxy) is 1. The van der Waals surface area contributed by atoms with Crippen molar-refractivity contribution in [3.8, 4) is 5.75 Å². The first-order chi connectivity index (χ1) is 17.2. The minimum absolute atomic E-state index is 0.211. The van der Waals surface area contributed by atoms with Crippen LogP contribution in [-0.4, -0.2) is 45.2 Å². The zero-order valence-corrected chi connectivity index (χ0v) is 22.0. The quantitative estimate of drug-likeness (QED) is 0.477. The maximum absolute atomic E-state index is 14.7. The van der Waals surface area contributed by atoms with E-state index < -0.39 is 21.7 Å². The monoisotopic (exact) mass is 534 g/mol. The van der Waals surface area contributed by atoms with Gasteiger partial charge in [0, 0.05) is 17.6 Å². The summed E-state index contributed by atoms with van der Waals surface area (Å²) in [6.45, 7) is 3.22. The second-order valence-corrected chi connectivity index (χ2v) is 12.7. The van der Waals surface area contributed by atoms with Crippen LogP contribution in [-0.2, 0) is 16.6 Å². The number of nitrogens with zero attached hydrogens (tertiary/aromatic N) is 1. The van der Waals surface area contributed by atoms with Gasteiger partial charge in [0.1, 0.15) is 11.6 Å². The van der Waals surface area contributed by atoms with Crippen molar-refractivity contribution in [2.45, 2.75) is 56.9 Å². The van der Waals surface area contributed by atoms with Gasteiger partial charge in [-0.25, -0.2) is 17.5 Å². The number of sulfonamides is 1. The highest BCUT2D eigenvalue weighted by Gasteiger charge is 2.31. The number of nitrogens with one attached hydrogen (secondary N) is 1. The highest BCUT2D eigenvalue weighted by molar-refractivity contribution is 7.89. The molecular weight excluding hydrogens is 503 g/mol. The van der Waals surface area contributed by atoms with E-state index in [2.05, 4.69) is 23.1 Å². The van der Waals surface area contributed by atoms with Crippen molar-refractivity contribution in [3.05, 3.63) is 63.4 Å². The predicted molar refractivity (Wildman–Crippen MR) is 138 cm³/mol. The van der Waals surface area contributed by atoms with Crippen LogP contribution in [0.2, 0.25) is 5.02 Å². The lowest BCUT2D eigenvalue weighted by atomic mass is 9.97. The average molecular weight is 535 g/mol. The van der Waals surface area contributed by atoms with Gasteiger partial charge in [-0.1, -0.05) is 23.7 Å². The summed E-state index contributed by atoms with van der Waals surface area (Å²) in [5.41, 5.74) is 3.02. The van der Waals surface area contributed by atoms with E-state index in [9.17, 15) is 17.6 Å². The van der Waals surface area contributed by atoms with Crippen LogP contribution < -0.4 is 9.46 Å². The molecule has 2 aliphatic carbocycles. The highest BCUT2D eigenvalue weighted by Crippen LogP contribution is 2.45. The van der Waals surface area contributed by atoms with Gasteiger partial charge in [0.05, 0.1) is 18.4 Å². The van der Waals surface area contributed by atoms with Gasteiger partial charge < -0.3 is 4.74 Å². The Labute approximate surface area is 217 Å². The number of carbonyl (C=O) groups excluding carboxylic acids is 1. The Bertz CT molecular complexity index is 1250. The molecule has 1 amide bonds. The summed E-state index contributed by atoms with van der Waals surface area (Å²) in [6, 6.07) is 9.18. The first-order valence-electron chi connectivity index (χ1n) is 12.7. The number of hydrogen-bond donors (Lipinski definition) is 1. The molecule has 2 aromatic rings. The molecule has 3 aliphatic rings. The molecule has 5 rings (SSSR count). The number of rotatable bonds is 9. The van der Waals surface area contributed by atoms with Crippen molar-refractivity contribution < 1.29 is 22.3 Å². The summed E-state index contributed by atoms with van der Waals surface area (Å²) < 4.78 is 45.4. The SMILES string of the molecule is CS(=O)(=O)NC(=O)c1cc(C2CC2)c(OCC2CCN(Cc3ccc(C4CC4)cc3Cl)CC2)cc1F. The fraction of sp³-hybridized carbons (Fsp3) is 0.519. The second-order valence-electron chi connectivity index (χ2n) is 10.5. The number of carbonyl (C=O) groups is 1. The minimum Gasteiger partial charge on any atom is -0.493 e. The topological polar surface area (TPSA) is 75.7 Å². The van der Waals surface area contributed by atoms with Crippen LogP contribution in [0.4, 0.5) is 4.39 Å². The van der Waals surface area contributed by atoms with Crippen LogP contribution in [0.5, 0.6) is 5.75 Å². The summed E-state index contributed by atoms with van der Waals surface area (Å²) >= 11 is 6.55. The van der Waals surface area contributed by atoms with E-state index in [1.807, 2.05) is 4.72 Å².